The number of amides is 2. The number of nitrogens with zero attached hydrogens (tertiary/aromatic N) is 2. The molecule has 7 nitrogen and oxygen atoms in total. The molecule has 0 N–H and O–H groups in total. The van der Waals surface area contributed by atoms with E-state index in [1.807, 2.05) is 36.4 Å². The van der Waals surface area contributed by atoms with Gasteiger partial charge in [-0.3, -0.25) is 9.80 Å². The molecule has 0 heterocycles. The normalized spacial score (nSPS) is 9.87. The second kappa shape index (κ2) is 11.9. The van der Waals surface area contributed by atoms with Crippen molar-refractivity contribution in [2.75, 3.05) is 36.1 Å². The number of anilines is 2. The van der Waals surface area contributed by atoms with Gasteiger partial charge in [0.1, 0.15) is 13.2 Å². The summed E-state index contributed by atoms with van der Waals surface area (Å²) in [6.07, 6.45) is 2.14. The molecule has 2 rings (SSSR count). The maximum atomic E-state index is 13.5. The Morgan fingerprint density at radius 2 is 1.07 bits per heavy atom. The zero-order valence-electron chi connectivity index (χ0n) is 16.6. The predicted octanol–water partition coefficient (Wildman–Crippen LogP) is 3.58. The molecule has 0 bridgehead atoms. The lowest BCUT2D eigenvalue weighted by Crippen LogP contribution is -2.46. The first kappa shape index (κ1) is 22.4. The van der Waals surface area contributed by atoms with Gasteiger partial charge in [-0.2, -0.15) is 0 Å². The number of ether oxygens (including phenoxy) is 2. The Hall–Kier alpha value is -3.87. The van der Waals surface area contributed by atoms with Crippen molar-refractivity contribution in [2.45, 2.75) is 0 Å². The van der Waals surface area contributed by atoms with E-state index in [1.54, 1.807) is 24.3 Å². The van der Waals surface area contributed by atoms with Crippen molar-refractivity contribution in [2.24, 2.45) is 0 Å². The van der Waals surface area contributed by atoms with Crippen LogP contribution in [0.3, 0.4) is 0 Å². The van der Waals surface area contributed by atoms with Crippen molar-refractivity contribution in [1.29, 1.82) is 0 Å². The molecule has 0 fully saturated rings. The molecule has 0 spiro atoms. The molecule has 0 aliphatic heterocycles. The molecule has 0 unspecified atom stereocenters. The van der Waals surface area contributed by atoms with Crippen molar-refractivity contribution in [3.05, 3.63) is 86.0 Å². The van der Waals surface area contributed by atoms with Gasteiger partial charge in [0.2, 0.25) is 0 Å². The van der Waals surface area contributed by atoms with E-state index in [9.17, 15) is 14.4 Å². The summed E-state index contributed by atoms with van der Waals surface area (Å²) in [6, 6.07) is 17.7. The van der Waals surface area contributed by atoms with E-state index in [-0.39, 0.29) is 32.3 Å². The summed E-state index contributed by atoms with van der Waals surface area (Å²) in [5.74, 6) is -1.13. The van der Waals surface area contributed by atoms with Crippen LogP contribution in [0, 0.1) is 0 Å². The van der Waals surface area contributed by atoms with Crippen LogP contribution < -0.4 is 9.80 Å². The largest absolute Gasteiger partial charge is 0.461 e. The molecule has 2 aromatic rings. The highest BCUT2D eigenvalue weighted by Gasteiger charge is 2.24. The third-order valence-corrected chi connectivity index (χ3v) is 4.05. The molecule has 0 saturated carbocycles. The maximum absolute atomic E-state index is 13.5. The first-order chi connectivity index (χ1) is 14.6. The van der Waals surface area contributed by atoms with Gasteiger partial charge in [-0.05, 0) is 24.3 Å². The Bertz CT molecular complexity index is 796. The number of esters is 2. The van der Waals surface area contributed by atoms with E-state index in [4.69, 9.17) is 9.47 Å². The lowest BCUT2D eigenvalue weighted by atomic mass is 10.2. The number of hydrogen-bond donors (Lipinski definition) is 0. The van der Waals surface area contributed by atoms with E-state index in [0.717, 1.165) is 12.2 Å². The van der Waals surface area contributed by atoms with E-state index in [2.05, 4.69) is 13.2 Å². The summed E-state index contributed by atoms with van der Waals surface area (Å²) in [7, 11) is 0. The molecule has 156 valence electrons. The van der Waals surface area contributed by atoms with Gasteiger partial charge < -0.3 is 9.47 Å². The van der Waals surface area contributed by atoms with Crippen molar-refractivity contribution in [1.82, 2.24) is 0 Å². The summed E-state index contributed by atoms with van der Waals surface area (Å²) in [4.78, 5) is 39.2. The first-order valence-electron chi connectivity index (χ1n) is 9.34. The highest BCUT2D eigenvalue weighted by atomic mass is 16.5. The lowest BCUT2D eigenvalue weighted by Gasteiger charge is -2.30. The van der Waals surface area contributed by atoms with Crippen LogP contribution >= 0.6 is 0 Å². The fraction of sp³-hybridized carbons (Fsp3) is 0.174. The number of benzene rings is 2. The Labute approximate surface area is 175 Å². The number of hydrogen-bond acceptors (Lipinski definition) is 5. The van der Waals surface area contributed by atoms with E-state index < -0.39 is 11.9 Å². The van der Waals surface area contributed by atoms with Gasteiger partial charge in [-0.1, -0.05) is 49.6 Å². The van der Waals surface area contributed by atoms with Crippen LogP contribution in [0.4, 0.5) is 16.2 Å². The summed E-state index contributed by atoms with van der Waals surface area (Å²) >= 11 is 0. The van der Waals surface area contributed by atoms with Crippen LogP contribution in [-0.4, -0.2) is 44.3 Å². The summed E-state index contributed by atoms with van der Waals surface area (Å²) < 4.78 is 10.1. The van der Waals surface area contributed by atoms with Crippen LogP contribution in [0.2, 0.25) is 0 Å². The predicted molar refractivity (Wildman–Crippen MR) is 115 cm³/mol. The molecule has 0 aromatic heterocycles. The van der Waals surface area contributed by atoms with Gasteiger partial charge in [-0.15, -0.1) is 0 Å². The summed E-state index contributed by atoms with van der Waals surface area (Å²) in [5, 5.41) is 0. The van der Waals surface area contributed by atoms with Gasteiger partial charge >= 0.3 is 18.0 Å². The molecule has 7 heteroatoms. The molecule has 2 aromatic carbocycles. The maximum Gasteiger partial charge on any atom is 0.330 e. The van der Waals surface area contributed by atoms with Crippen LogP contribution in [0.25, 0.3) is 0 Å². The Kier molecular flexibility index (Phi) is 8.86. The minimum Gasteiger partial charge on any atom is -0.461 e. The number of carbonyl (C=O) groups is 3. The molecule has 30 heavy (non-hydrogen) atoms. The second-order valence-corrected chi connectivity index (χ2v) is 6.00. The molecule has 0 radical (unpaired) electrons. The molecule has 0 saturated heterocycles. The third kappa shape index (κ3) is 6.63. The third-order valence-electron chi connectivity index (χ3n) is 4.05. The van der Waals surface area contributed by atoms with Crippen molar-refractivity contribution in [3.63, 3.8) is 0 Å². The Morgan fingerprint density at radius 3 is 1.40 bits per heavy atom. The van der Waals surface area contributed by atoms with Crippen LogP contribution in [-0.2, 0) is 19.1 Å². The van der Waals surface area contributed by atoms with Crippen LogP contribution in [0.15, 0.2) is 86.0 Å². The van der Waals surface area contributed by atoms with Crippen molar-refractivity contribution in [3.8, 4) is 0 Å². The van der Waals surface area contributed by atoms with Gasteiger partial charge in [0.15, 0.2) is 0 Å². The standard InChI is InChI=1S/C23H24N2O5/c1-3-21(26)29-17-15-24(19-11-7-5-8-12-19)23(28)25(16-18-30-22(27)4-2)20-13-9-6-10-14-20/h3-14H,1-2,15-18H2. The Morgan fingerprint density at radius 1 is 0.700 bits per heavy atom. The second-order valence-electron chi connectivity index (χ2n) is 6.00. The lowest BCUT2D eigenvalue weighted by molar-refractivity contribution is -0.138. The molecule has 2 amide bonds. The average Bonchev–Trinajstić information content (AvgIpc) is 2.80. The van der Waals surface area contributed by atoms with Crippen molar-refractivity contribution < 1.29 is 23.9 Å². The topological polar surface area (TPSA) is 76.2 Å². The fourth-order valence-corrected chi connectivity index (χ4v) is 2.62. The minimum absolute atomic E-state index is 0.000429. The molecule has 0 aliphatic rings. The molecular formula is C23H24N2O5. The number of rotatable bonds is 10. The number of carbonyl (C=O) groups excluding carboxylic acids is 3. The number of para-hydroxylation sites is 2. The smallest absolute Gasteiger partial charge is 0.330 e. The van der Waals surface area contributed by atoms with Gasteiger partial charge in [0.05, 0.1) is 13.1 Å². The fourth-order valence-electron chi connectivity index (χ4n) is 2.62. The highest BCUT2D eigenvalue weighted by molar-refractivity contribution is 6.03. The van der Waals surface area contributed by atoms with Gasteiger partial charge in [-0.25, -0.2) is 14.4 Å². The monoisotopic (exact) mass is 408 g/mol. The molecular weight excluding hydrogens is 384 g/mol. The van der Waals surface area contributed by atoms with Gasteiger partial charge in [0.25, 0.3) is 0 Å². The molecule has 0 atom stereocenters. The summed E-state index contributed by atoms with van der Waals surface area (Å²) in [5.41, 5.74) is 1.28. The van der Waals surface area contributed by atoms with Crippen LogP contribution in [0.1, 0.15) is 0 Å². The highest BCUT2D eigenvalue weighted by Crippen LogP contribution is 2.20. The Balaban J connectivity index is 2.25. The first-order valence-corrected chi connectivity index (χ1v) is 9.34. The van der Waals surface area contributed by atoms with E-state index in [1.165, 1.54) is 9.80 Å². The minimum atomic E-state index is -0.563. The zero-order valence-corrected chi connectivity index (χ0v) is 16.6. The number of urea groups is 1. The van der Waals surface area contributed by atoms with E-state index in [0.29, 0.717) is 11.4 Å². The summed E-state index contributed by atoms with van der Waals surface area (Å²) in [6.45, 7) is 7.00. The quantitative estimate of drug-likeness (QED) is 0.444. The zero-order chi connectivity index (χ0) is 21.8. The SMILES string of the molecule is C=CC(=O)OCCN(C(=O)N(CCOC(=O)C=C)c1ccccc1)c1ccccc1. The van der Waals surface area contributed by atoms with E-state index >= 15 is 0 Å². The molecule has 0 aliphatic carbocycles. The van der Waals surface area contributed by atoms with Crippen molar-refractivity contribution >= 4 is 29.3 Å². The average molecular weight is 408 g/mol. The van der Waals surface area contributed by atoms with Gasteiger partial charge in [0, 0.05) is 23.5 Å². The van der Waals surface area contributed by atoms with Crippen LogP contribution in [0.5, 0.6) is 0 Å².